The second-order valence-electron chi connectivity index (χ2n) is 5.59. The van der Waals surface area contributed by atoms with Crippen LogP contribution in [0.4, 0.5) is 0 Å². The molecule has 0 aromatic heterocycles. The molecule has 1 aliphatic carbocycles. The fourth-order valence-electron chi connectivity index (χ4n) is 2.86. The highest BCUT2D eigenvalue weighted by Crippen LogP contribution is 2.26. The van der Waals surface area contributed by atoms with Crippen LogP contribution in [0.3, 0.4) is 0 Å². The number of nitrogens with one attached hydrogen (secondary N) is 1. The summed E-state index contributed by atoms with van der Waals surface area (Å²) in [7, 11) is 0. The first-order valence-electron chi connectivity index (χ1n) is 7.23. The Kier molecular flexibility index (Phi) is 4.97. The van der Waals surface area contributed by atoms with E-state index in [0.29, 0.717) is 18.9 Å². The molecule has 0 saturated heterocycles. The van der Waals surface area contributed by atoms with Crippen LogP contribution in [0, 0.1) is 12.8 Å². The van der Waals surface area contributed by atoms with Crippen LogP contribution in [0.1, 0.15) is 36.8 Å². The molecular weight excluding hydrogens is 236 g/mol. The van der Waals surface area contributed by atoms with Gasteiger partial charge in [-0.2, -0.15) is 0 Å². The van der Waals surface area contributed by atoms with Gasteiger partial charge in [-0.25, -0.2) is 0 Å². The van der Waals surface area contributed by atoms with Crippen LogP contribution in [0.2, 0.25) is 0 Å². The van der Waals surface area contributed by atoms with E-state index in [0.717, 1.165) is 19.3 Å². The molecule has 0 heterocycles. The number of aryl methyl sites for hydroxylation is 1. The Morgan fingerprint density at radius 3 is 2.84 bits per heavy atom. The quantitative estimate of drug-likeness (QED) is 0.852. The fourth-order valence-corrected chi connectivity index (χ4v) is 2.86. The van der Waals surface area contributed by atoms with Gasteiger partial charge in [-0.05, 0) is 43.2 Å². The molecule has 3 heteroatoms. The van der Waals surface area contributed by atoms with Gasteiger partial charge in [0.25, 0.3) is 0 Å². The summed E-state index contributed by atoms with van der Waals surface area (Å²) < 4.78 is 0. The number of benzene rings is 1. The van der Waals surface area contributed by atoms with Crippen LogP contribution in [-0.2, 0) is 11.2 Å². The first-order chi connectivity index (χ1) is 9.16. The third kappa shape index (κ3) is 4.06. The molecule has 0 bridgehead atoms. The summed E-state index contributed by atoms with van der Waals surface area (Å²) in [5.41, 5.74) is 8.58. The summed E-state index contributed by atoms with van der Waals surface area (Å²) >= 11 is 0. The molecule has 0 spiro atoms. The van der Waals surface area contributed by atoms with Gasteiger partial charge in [0.05, 0.1) is 0 Å². The van der Waals surface area contributed by atoms with E-state index < -0.39 is 0 Å². The van der Waals surface area contributed by atoms with Crippen molar-refractivity contribution in [1.29, 1.82) is 0 Å². The Balaban J connectivity index is 1.71. The molecule has 19 heavy (non-hydrogen) atoms. The van der Waals surface area contributed by atoms with Crippen molar-refractivity contribution in [1.82, 2.24) is 5.32 Å². The number of hydrogen-bond donors (Lipinski definition) is 2. The Labute approximate surface area is 115 Å². The molecule has 2 atom stereocenters. The zero-order valence-corrected chi connectivity index (χ0v) is 11.7. The van der Waals surface area contributed by atoms with Gasteiger partial charge in [-0.3, -0.25) is 4.79 Å². The molecular formula is C16H24N2O. The van der Waals surface area contributed by atoms with Gasteiger partial charge in [0.1, 0.15) is 0 Å². The molecule has 1 aromatic carbocycles. The predicted octanol–water partition coefficient (Wildman–Crippen LogP) is 2.17. The van der Waals surface area contributed by atoms with Crippen molar-refractivity contribution in [2.45, 2.75) is 45.1 Å². The number of hydrogen-bond acceptors (Lipinski definition) is 2. The van der Waals surface area contributed by atoms with Crippen LogP contribution in [0.15, 0.2) is 24.3 Å². The second kappa shape index (κ2) is 6.71. The summed E-state index contributed by atoms with van der Waals surface area (Å²) in [6.07, 6.45) is 4.83. The monoisotopic (exact) mass is 260 g/mol. The van der Waals surface area contributed by atoms with Crippen molar-refractivity contribution < 1.29 is 4.79 Å². The minimum Gasteiger partial charge on any atom is -0.356 e. The molecule has 0 aliphatic heterocycles. The lowest BCUT2D eigenvalue weighted by molar-refractivity contribution is -0.122. The average molecular weight is 260 g/mol. The topological polar surface area (TPSA) is 55.1 Å². The Bertz CT molecular complexity index is 431. The maximum atomic E-state index is 11.9. The van der Waals surface area contributed by atoms with Gasteiger partial charge < -0.3 is 11.1 Å². The summed E-state index contributed by atoms with van der Waals surface area (Å²) in [5, 5.41) is 3.01. The highest BCUT2D eigenvalue weighted by molar-refractivity contribution is 5.76. The predicted molar refractivity (Wildman–Crippen MR) is 77.8 cm³/mol. The van der Waals surface area contributed by atoms with Crippen LogP contribution in [0.5, 0.6) is 0 Å². The van der Waals surface area contributed by atoms with Crippen molar-refractivity contribution in [3.63, 3.8) is 0 Å². The number of carbonyl (C=O) groups excluding carboxylic acids is 1. The smallest absolute Gasteiger partial charge is 0.220 e. The second-order valence-corrected chi connectivity index (χ2v) is 5.59. The van der Waals surface area contributed by atoms with Crippen LogP contribution < -0.4 is 11.1 Å². The van der Waals surface area contributed by atoms with Crippen molar-refractivity contribution in [3.8, 4) is 0 Å². The van der Waals surface area contributed by atoms with Crippen molar-refractivity contribution in [3.05, 3.63) is 35.4 Å². The van der Waals surface area contributed by atoms with E-state index in [-0.39, 0.29) is 11.9 Å². The number of rotatable bonds is 5. The first-order valence-corrected chi connectivity index (χ1v) is 7.23. The van der Waals surface area contributed by atoms with Crippen molar-refractivity contribution in [2.24, 2.45) is 11.7 Å². The molecule has 0 unspecified atom stereocenters. The molecule has 3 nitrogen and oxygen atoms in total. The van der Waals surface area contributed by atoms with Gasteiger partial charge >= 0.3 is 0 Å². The number of amides is 1. The normalized spacial score (nSPS) is 22.4. The minimum atomic E-state index is 0.149. The fraction of sp³-hybridized carbons (Fsp3) is 0.562. The SMILES string of the molecule is Cc1ccccc1CCNC(=O)C[C@@H]1CCC[C@H]1N. The molecule has 1 fully saturated rings. The van der Waals surface area contributed by atoms with E-state index in [1.54, 1.807) is 0 Å². The van der Waals surface area contributed by atoms with E-state index in [4.69, 9.17) is 5.73 Å². The van der Waals surface area contributed by atoms with Crippen LogP contribution in [0.25, 0.3) is 0 Å². The number of nitrogens with two attached hydrogens (primary N) is 1. The zero-order valence-electron chi connectivity index (χ0n) is 11.7. The Morgan fingerprint density at radius 1 is 1.37 bits per heavy atom. The average Bonchev–Trinajstić information content (AvgIpc) is 2.77. The molecule has 1 amide bonds. The van der Waals surface area contributed by atoms with E-state index in [2.05, 4.69) is 24.4 Å². The molecule has 1 aromatic rings. The highest BCUT2D eigenvalue weighted by atomic mass is 16.1. The molecule has 1 aliphatic rings. The third-order valence-electron chi connectivity index (χ3n) is 4.14. The van der Waals surface area contributed by atoms with Crippen molar-refractivity contribution in [2.75, 3.05) is 6.54 Å². The van der Waals surface area contributed by atoms with Gasteiger partial charge in [0.2, 0.25) is 5.91 Å². The lowest BCUT2D eigenvalue weighted by atomic mass is 10.00. The Morgan fingerprint density at radius 2 is 2.16 bits per heavy atom. The summed E-state index contributed by atoms with van der Waals surface area (Å²) in [5.74, 6) is 0.536. The summed E-state index contributed by atoms with van der Waals surface area (Å²) in [4.78, 5) is 11.9. The van der Waals surface area contributed by atoms with Gasteiger partial charge in [-0.1, -0.05) is 30.7 Å². The third-order valence-corrected chi connectivity index (χ3v) is 4.14. The molecule has 2 rings (SSSR count). The van der Waals surface area contributed by atoms with Gasteiger partial charge in [0.15, 0.2) is 0 Å². The van der Waals surface area contributed by atoms with E-state index in [1.165, 1.54) is 17.5 Å². The lowest BCUT2D eigenvalue weighted by Gasteiger charge is -2.15. The zero-order chi connectivity index (χ0) is 13.7. The largest absolute Gasteiger partial charge is 0.356 e. The first kappa shape index (κ1) is 14.1. The molecule has 3 N–H and O–H groups in total. The molecule has 1 saturated carbocycles. The maximum absolute atomic E-state index is 11.9. The summed E-state index contributed by atoms with van der Waals surface area (Å²) in [6, 6.07) is 8.53. The highest BCUT2D eigenvalue weighted by Gasteiger charge is 2.25. The Hall–Kier alpha value is -1.35. The van der Waals surface area contributed by atoms with E-state index in [1.807, 2.05) is 12.1 Å². The molecule has 104 valence electrons. The van der Waals surface area contributed by atoms with Crippen molar-refractivity contribution >= 4 is 5.91 Å². The minimum absolute atomic E-state index is 0.149. The van der Waals surface area contributed by atoms with E-state index in [9.17, 15) is 4.79 Å². The van der Waals surface area contributed by atoms with E-state index >= 15 is 0 Å². The maximum Gasteiger partial charge on any atom is 0.220 e. The molecule has 0 radical (unpaired) electrons. The lowest BCUT2D eigenvalue weighted by Crippen LogP contribution is -2.32. The van der Waals surface area contributed by atoms with Crippen LogP contribution in [-0.4, -0.2) is 18.5 Å². The standard InChI is InChI=1S/C16H24N2O/c1-12-5-2-3-6-13(12)9-10-18-16(19)11-14-7-4-8-15(14)17/h2-3,5-6,14-15H,4,7-11,17H2,1H3,(H,18,19)/t14-,15+/m0/s1. The summed E-state index contributed by atoms with van der Waals surface area (Å²) in [6.45, 7) is 2.82. The van der Waals surface area contributed by atoms with Gasteiger partial charge in [0, 0.05) is 19.0 Å². The number of carbonyl (C=O) groups is 1. The van der Waals surface area contributed by atoms with Crippen LogP contribution >= 0.6 is 0 Å². The van der Waals surface area contributed by atoms with Gasteiger partial charge in [-0.15, -0.1) is 0 Å².